The minimum absolute atomic E-state index is 0.0532. The molecule has 3 N–H and O–H groups in total. The standard InChI is InChI=1S/C19H15ClF3N5O3/c20-7-16(29)28-18(6-11(17(24)30)3-4-15(18)31-19(21,22)23)14-10-26-13(9-27-14)12-2-1-5-25-8-12/h1-5,8-10H,6-7H2,(H2,24,30)(H,28,29). The third-order valence-electron chi connectivity index (χ3n) is 4.37. The van der Waals surface area contributed by atoms with Crippen molar-refractivity contribution in [2.24, 2.45) is 5.73 Å². The quantitative estimate of drug-likeness (QED) is 0.648. The number of carbonyl (C=O) groups is 2. The molecule has 3 rings (SSSR count). The first-order chi connectivity index (χ1) is 14.6. The Morgan fingerprint density at radius 1 is 1.23 bits per heavy atom. The number of pyridine rings is 1. The van der Waals surface area contributed by atoms with Crippen LogP contribution in [0.5, 0.6) is 0 Å². The molecule has 0 bridgehead atoms. The van der Waals surface area contributed by atoms with Gasteiger partial charge in [0.1, 0.15) is 17.2 Å². The Hall–Kier alpha value is -3.47. The van der Waals surface area contributed by atoms with E-state index in [-0.39, 0.29) is 11.3 Å². The van der Waals surface area contributed by atoms with E-state index in [0.717, 1.165) is 12.2 Å². The van der Waals surface area contributed by atoms with Crippen molar-refractivity contribution >= 4 is 23.4 Å². The summed E-state index contributed by atoms with van der Waals surface area (Å²) in [6, 6.07) is 3.39. The highest BCUT2D eigenvalue weighted by Gasteiger charge is 2.48. The molecule has 0 saturated heterocycles. The van der Waals surface area contributed by atoms with Gasteiger partial charge in [-0.15, -0.1) is 24.8 Å². The SMILES string of the molecule is NC(=O)C1=CC=C(OC(F)(F)F)C(NC(=O)CCl)(c2cnc(-c3cccnc3)cn2)C1. The average Bonchev–Trinajstić information content (AvgIpc) is 2.74. The van der Waals surface area contributed by atoms with Gasteiger partial charge in [-0.25, -0.2) is 0 Å². The molecule has 0 radical (unpaired) electrons. The summed E-state index contributed by atoms with van der Waals surface area (Å²) in [6.45, 7) is 0. The maximum absolute atomic E-state index is 13.1. The van der Waals surface area contributed by atoms with Crippen molar-refractivity contribution in [3.63, 3.8) is 0 Å². The first-order valence-electron chi connectivity index (χ1n) is 8.71. The molecule has 2 amide bonds. The molecule has 0 aromatic carbocycles. The van der Waals surface area contributed by atoms with E-state index in [1.54, 1.807) is 18.3 Å². The fourth-order valence-electron chi connectivity index (χ4n) is 3.04. The second kappa shape index (κ2) is 8.72. The van der Waals surface area contributed by atoms with Gasteiger partial charge in [-0.3, -0.25) is 24.5 Å². The Morgan fingerprint density at radius 2 is 2.00 bits per heavy atom. The number of nitrogens with one attached hydrogen (secondary N) is 1. The fraction of sp³-hybridized carbons (Fsp3) is 0.211. The van der Waals surface area contributed by atoms with Gasteiger partial charge in [0.15, 0.2) is 0 Å². The predicted octanol–water partition coefficient (Wildman–Crippen LogP) is 2.32. The first-order valence-corrected chi connectivity index (χ1v) is 9.25. The molecular weight excluding hydrogens is 439 g/mol. The number of hydrogen-bond acceptors (Lipinski definition) is 6. The summed E-state index contributed by atoms with van der Waals surface area (Å²) >= 11 is 5.56. The van der Waals surface area contributed by atoms with Crippen molar-refractivity contribution < 1.29 is 27.5 Å². The maximum atomic E-state index is 13.1. The van der Waals surface area contributed by atoms with E-state index in [1.165, 1.54) is 18.6 Å². The van der Waals surface area contributed by atoms with E-state index in [1.807, 2.05) is 0 Å². The van der Waals surface area contributed by atoms with Crippen LogP contribution < -0.4 is 11.1 Å². The van der Waals surface area contributed by atoms with E-state index in [9.17, 15) is 22.8 Å². The Balaban J connectivity index is 2.13. The summed E-state index contributed by atoms with van der Waals surface area (Å²) in [5, 5.41) is 2.39. The van der Waals surface area contributed by atoms with Crippen LogP contribution in [-0.4, -0.2) is 39.0 Å². The predicted molar refractivity (Wildman–Crippen MR) is 103 cm³/mol. The topological polar surface area (TPSA) is 120 Å². The van der Waals surface area contributed by atoms with Gasteiger partial charge in [0, 0.05) is 30.0 Å². The van der Waals surface area contributed by atoms with Crippen molar-refractivity contribution in [3.05, 3.63) is 66.1 Å². The number of nitrogens with zero attached hydrogens (tertiary/aromatic N) is 3. The van der Waals surface area contributed by atoms with Gasteiger partial charge in [0.2, 0.25) is 11.8 Å². The first kappa shape index (κ1) is 22.2. The van der Waals surface area contributed by atoms with Gasteiger partial charge < -0.3 is 15.8 Å². The van der Waals surface area contributed by atoms with Crippen molar-refractivity contribution in [1.29, 1.82) is 0 Å². The van der Waals surface area contributed by atoms with Gasteiger partial charge in [-0.2, -0.15) is 0 Å². The van der Waals surface area contributed by atoms with Gasteiger partial charge in [0.05, 0.1) is 23.8 Å². The summed E-state index contributed by atoms with van der Waals surface area (Å²) in [5.41, 5.74) is 4.15. The fourth-order valence-corrected chi connectivity index (χ4v) is 3.10. The zero-order valence-corrected chi connectivity index (χ0v) is 16.4. The molecule has 2 aromatic rings. The molecule has 0 spiro atoms. The molecule has 1 atom stereocenters. The highest BCUT2D eigenvalue weighted by molar-refractivity contribution is 6.27. The second-order valence-corrected chi connectivity index (χ2v) is 6.69. The monoisotopic (exact) mass is 453 g/mol. The zero-order chi connectivity index (χ0) is 22.6. The van der Waals surface area contributed by atoms with Crippen molar-refractivity contribution in [2.75, 3.05) is 5.88 Å². The number of hydrogen-bond donors (Lipinski definition) is 2. The van der Waals surface area contributed by atoms with Gasteiger partial charge in [0.25, 0.3) is 0 Å². The normalized spacial score (nSPS) is 18.6. The molecule has 162 valence electrons. The third kappa shape index (κ3) is 5.00. The zero-order valence-electron chi connectivity index (χ0n) is 15.7. The molecule has 31 heavy (non-hydrogen) atoms. The minimum atomic E-state index is -5.08. The average molecular weight is 454 g/mol. The number of carbonyl (C=O) groups excluding carboxylic acids is 2. The summed E-state index contributed by atoms with van der Waals surface area (Å²) in [5.74, 6) is -2.97. The number of allylic oxidation sites excluding steroid dienone is 2. The van der Waals surface area contributed by atoms with Crippen LogP contribution in [0.25, 0.3) is 11.3 Å². The molecule has 0 aliphatic heterocycles. The third-order valence-corrected chi connectivity index (χ3v) is 4.62. The number of aromatic nitrogens is 3. The second-order valence-electron chi connectivity index (χ2n) is 6.43. The van der Waals surface area contributed by atoms with Crippen LogP contribution in [0.15, 0.2) is 60.4 Å². The molecule has 2 heterocycles. The van der Waals surface area contributed by atoms with Crippen LogP contribution in [0.2, 0.25) is 0 Å². The van der Waals surface area contributed by atoms with Crippen molar-refractivity contribution in [3.8, 4) is 11.3 Å². The Labute approximate surface area is 179 Å². The van der Waals surface area contributed by atoms with Crippen LogP contribution in [0.3, 0.4) is 0 Å². The number of amides is 2. The van der Waals surface area contributed by atoms with Crippen LogP contribution in [0.4, 0.5) is 13.2 Å². The van der Waals surface area contributed by atoms with E-state index in [2.05, 4.69) is 25.0 Å². The molecular formula is C19H15ClF3N5O3. The number of primary amides is 1. The van der Waals surface area contributed by atoms with Crippen molar-refractivity contribution in [2.45, 2.75) is 18.3 Å². The lowest BCUT2D eigenvalue weighted by Gasteiger charge is -2.37. The number of halogens is 4. The highest BCUT2D eigenvalue weighted by Crippen LogP contribution is 2.41. The lowest BCUT2D eigenvalue weighted by molar-refractivity contribution is -0.310. The molecule has 1 aliphatic carbocycles. The molecule has 1 aliphatic rings. The Kier molecular flexibility index (Phi) is 6.25. The minimum Gasteiger partial charge on any atom is -0.407 e. The molecule has 12 heteroatoms. The van der Waals surface area contributed by atoms with E-state index >= 15 is 0 Å². The number of alkyl halides is 4. The van der Waals surface area contributed by atoms with Crippen LogP contribution in [0, 0.1) is 0 Å². The highest BCUT2D eigenvalue weighted by atomic mass is 35.5. The Bertz CT molecular complexity index is 1040. The molecule has 0 fully saturated rings. The molecule has 1 unspecified atom stereocenters. The lowest BCUT2D eigenvalue weighted by Crippen LogP contribution is -2.51. The Morgan fingerprint density at radius 3 is 2.55 bits per heavy atom. The van der Waals surface area contributed by atoms with E-state index in [4.69, 9.17) is 17.3 Å². The van der Waals surface area contributed by atoms with E-state index < -0.39 is 41.8 Å². The summed E-state index contributed by atoms with van der Waals surface area (Å²) in [7, 11) is 0. The lowest BCUT2D eigenvalue weighted by atomic mass is 9.81. The van der Waals surface area contributed by atoms with Gasteiger partial charge >= 0.3 is 6.36 Å². The van der Waals surface area contributed by atoms with Crippen molar-refractivity contribution in [1.82, 2.24) is 20.3 Å². The molecule has 8 nitrogen and oxygen atoms in total. The van der Waals surface area contributed by atoms with Crippen LogP contribution in [-0.2, 0) is 19.9 Å². The smallest absolute Gasteiger partial charge is 0.407 e. The largest absolute Gasteiger partial charge is 0.572 e. The maximum Gasteiger partial charge on any atom is 0.572 e. The summed E-state index contributed by atoms with van der Waals surface area (Å²) in [6.07, 6.45) is 2.03. The van der Waals surface area contributed by atoms with E-state index in [0.29, 0.717) is 11.3 Å². The van der Waals surface area contributed by atoms with Crippen LogP contribution >= 0.6 is 11.6 Å². The van der Waals surface area contributed by atoms with Gasteiger partial charge in [-0.05, 0) is 18.2 Å². The summed E-state index contributed by atoms with van der Waals surface area (Å²) in [4.78, 5) is 36.3. The van der Waals surface area contributed by atoms with Gasteiger partial charge in [-0.1, -0.05) is 6.08 Å². The number of ether oxygens (including phenoxy) is 1. The summed E-state index contributed by atoms with van der Waals surface area (Å²) < 4.78 is 43.5. The molecule has 2 aromatic heterocycles. The molecule has 0 saturated carbocycles. The van der Waals surface area contributed by atoms with Crippen LogP contribution in [0.1, 0.15) is 12.1 Å². The number of rotatable bonds is 6. The number of nitrogens with two attached hydrogens (primary N) is 1.